The molecule has 0 saturated carbocycles. The number of rotatable bonds is 6. The highest BCUT2D eigenvalue weighted by molar-refractivity contribution is 9.10. The molecule has 108 valence electrons. The summed E-state index contributed by atoms with van der Waals surface area (Å²) in [5.74, 6) is 0.0312. The van der Waals surface area contributed by atoms with Crippen LogP contribution in [0.2, 0.25) is 0 Å². The summed E-state index contributed by atoms with van der Waals surface area (Å²) in [6.45, 7) is 1.42. The predicted octanol–water partition coefficient (Wildman–Crippen LogP) is 2.15. The van der Waals surface area contributed by atoms with Gasteiger partial charge >= 0.3 is 5.97 Å². The SMILES string of the molecule is O=C(O)CC1CN(C(=O)CCOc2cccc(Br)c2)C1. The maximum Gasteiger partial charge on any atom is 0.303 e. The van der Waals surface area contributed by atoms with Gasteiger partial charge in [0.25, 0.3) is 0 Å². The fourth-order valence-electron chi connectivity index (χ4n) is 2.12. The number of aliphatic carboxylic acids is 1. The van der Waals surface area contributed by atoms with Crippen LogP contribution in [0.1, 0.15) is 12.8 Å². The van der Waals surface area contributed by atoms with Crippen molar-refractivity contribution in [3.63, 3.8) is 0 Å². The van der Waals surface area contributed by atoms with Crippen molar-refractivity contribution in [3.8, 4) is 5.75 Å². The number of hydrogen-bond donors (Lipinski definition) is 1. The third-order valence-corrected chi connectivity index (χ3v) is 3.65. The minimum atomic E-state index is -0.805. The molecule has 1 aromatic rings. The van der Waals surface area contributed by atoms with Crippen LogP contribution in [0.5, 0.6) is 5.75 Å². The van der Waals surface area contributed by atoms with Gasteiger partial charge in [-0.15, -0.1) is 0 Å². The maximum absolute atomic E-state index is 11.8. The standard InChI is InChI=1S/C14H16BrNO4/c15-11-2-1-3-12(7-11)20-5-4-13(17)16-8-10(9-16)6-14(18)19/h1-3,7,10H,4-6,8-9H2,(H,18,19). The van der Waals surface area contributed by atoms with Gasteiger partial charge in [0.1, 0.15) is 5.75 Å². The summed E-state index contributed by atoms with van der Waals surface area (Å²) >= 11 is 3.35. The van der Waals surface area contributed by atoms with Gasteiger partial charge in [-0.3, -0.25) is 9.59 Å². The molecule has 6 heteroatoms. The highest BCUT2D eigenvalue weighted by Crippen LogP contribution is 2.21. The van der Waals surface area contributed by atoms with Crippen LogP contribution in [0, 0.1) is 5.92 Å². The zero-order valence-electron chi connectivity index (χ0n) is 10.9. The molecule has 1 amide bonds. The number of hydrogen-bond acceptors (Lipinski definition) is 3. The largest absolute Gasteiger partial charge is 0.493 e. The first-order valence-electron chi connectivity index (χ1n) is 6.42. The van der Waals surface area contributed by atoms with Gasteiger partial charge in [0.15, 0.2) is 0 Å². The molecule has 1 aromatic carbocycles. The molecular weight excluding hydrogens is 326 g/mol. The molecule has 1 heterocycles. The van der Waals surface area contributed by atoms with E-state index in [2.05, 4.69) is 15.9 Å². The Morgan fingerprint density at radius 2 is 2.15 bits per heavy atom. The quantitative estimate of drug-likeness (QED) is 0.860. The second-order valence-corrected chi connectivity index (χ2v) is 5.73. The van der Waals surface area contributed by atoms with E-state index < -0.39 is 5.97 Å². The monoisotopic (exact) mass is 341 g/mol. The molecule has 1 N–H and O–H groups in total. The third kappa shape index (κ3) is 4.23. The van der Waals surface area contributed by atoms with Crippen molar-refractivity contribution in [1.82, 2.24) is 4.90 Å². The summed E-state index contributed by atoms with van der Waals surface area (Å²) in [4.78, 5) is 24.0. The molecule has 1 aliphatic rings. The number of halogens is 1. The Morgan fingerprint density at radius 1 is 1.40 bits per heavy atom. The molecule has 0 bridgehead atoms. The van der Waals surface area contributed by atoms with E-state index in [4.69, 9.17) is 9.84 Å². The molecule has 20 heavy (non-hydrogen) atoms. The van der Waals surface area contributed by atoms with Gasteiger partial charge in [0, 0.05) is 23.5 Å². The topological polar surface area (TPSA) is 66.8 Å². The van der Waals surface area contributed by atoms with Crippen LogP contribution in [-0.4, -0.2) is 41.6 Å². The van der Waals surface area contributed by atoms with Crippen molar-refractivity contribution in [2.24, 2.45) is 5.92 Å². The normalized spacial score (nSPS) is 14.8. The van der Waals surface area contributed by atoms with Crippen LogP contribution in [0.15, 0.2) is 28.7 Å². The van der Waals surface area contributed by atoms with E-state index >= 15 is 0 Å². The summed E-state index contributed by atoms with van der Waals surface area (Å²) in [6.07, 6.45) is 0.449. The minimum absolute atomic E-state index is 0.0154. The second kappa shape index (κ2) is 6.74. The Hall–Kier alpha value is -1.56. The zero-order valence-corrected chi connectivity index (χ0v) is 12.5. The van der Waals surface area contributed by atoms with E-state index in [9.17, 15) is 9.59 Å². The van der Waals surface area contributed by atoms with Gasteiger partial charge in [0.2, 0.25) is 5.91 Å². The average Bonchev–Trinajstić information content (AvgIpc) is 2.33. The molecular formula is C14H16BrNO4. The minimum Gasteiger partial charge on any atom is -0.493 e. The number of ether oxygens (including phenoxy) is 1. The third-order valence-electron chi connectivity index (χ3n) is 3.15. The molecule has 5 nitrogen and oxygen atoms in total. The van der Waals surface area contributed by atoms with E-state index in [0.717, 1.165) is 10.2 Å². The number of nitrogens with zero attached hydrogens (tertiary/aromatic N) is 1. The van der Waals surface area contributed by atoms with Gasteiger partial charge in [-0.1, -0.05) is 22.0 Å². The van der Waals surface area contributed by atoms with Crippen LogP contribution < -0.4 is 4.74 Å². The number of carbonyl (C=O) groups excluding carboxylic acids is 1. The van der Waals surface area contributed by atoms with Crippen LogP contribution in [0.25, 0.3) is 0 Å². The Kier molecular flexibility index (Phi) is 5.00. The fourth-order valence-corrected chi connectivity index (χ4v) is 2.50. The first-order chi connectivity index (χ1) is 9.54. The number of carbonyl (C=O) groups is 2. The van der Waals surface area contributed by atoms with E-state index in [0.29, 0.717) is 26.1 Å². The van der Waals surface area contributed by atoms with Crippen molar-refractivity contribution in [1.29, 1.82) is 0 Å². The summed E-state index contributed by atoms with van der Waals surface area (Å²) in [6, 6.07) is 7.45. The van der Waals surface area contributed by atoms with Gasteiger partial charge in [-0.25, -0.2) is 0 Å². The highest BCUT2D eigenvalue weighted by atomic mass is 79.9. The highest BCUT2D eigenvalue weighted by Gasteiger charge is 2.31. The second-order valence-electron chi connectivity index (χ2n) is 4.82. The number of benzene rings is 1. The Bertz CT molecular complexity index is 500. The van der Waals surface area contributed by atoms with Gasteiger partial charge in [0.05, 0.1) is 19.4 Å². The fraction of sp³-hybridized carbons (Fsp3) is 0.429. The Morgan fingerprint density at radius 3 is 2.80 bits per heavy atom. The molecule has 2 rings (SSSR count). The van der Waals surface area contributed by atoms with Crippen LogP contribution in [-0.2, 0) is 9.59 Å². The molecule has 1 saturated heterocycles. The van der Waals surface area contributed by atoms with Crippen LogP contribution >= 0.6 is 15.9 Å². The number of carboxylic acid groups (broad SMARTS) is 1. The van der Waals surface area contributed by atoms with Crippen molar-refractivity contribution < 1.29 is 19.4 Å². The van der Waals surface area contributed by atoms with Gasteiger partial charge < -0.3 is 14.7 Å². The van der Waals surface area contributed by atoms with E-state index in [1.165, 1.54) is 0 Å². The Labute approximate surface area is 125 Å². The molecule has 1 fully saturated rings. The average molecular weight is 342 g/mol. The van der Waals surface area contributed by atoms with E-state index in [-0.39, 0.29) is 18.2 Å². The lowest BCUT2D eigenvalue weighted by atomic mass is 9.96. The van der Waals surface area contributed by atoms with Crippen molar-refractivity contribution >= 4 is 27.8 Å². The summed E-state index contributed by atoms with van der Waals surface area (Å²) in [7, 11) is 0. The lowest BCUT2D eigenvalue weighted by molar-refractivity contribution is -0.145. The first kappa shape index (κ1) is 14.8. The van der Waals surface area contributed by atoms with Crippen LogP contribution in [0.3, 0.4) is 0 Å². The van der Waals surface area contributed by atoms with Gasteiger partial charge in [-0.05, 0) is 18.2 Å². The summed E-state index contributed by atoms with van der Waals surface area (Å²) in [5.41, 5.74) is 0. The number of likely N-dealkylation sites (tertiary alicyclic amines) is 1. The molecule has 1 aliphatic heterocycles. The maximum atomic E-state index is 11.8. The van der Waals surface area contributed by atoms with Gasteiger partial charge in [-0.2, -0.15) is 0 Å². The predicted molar refractivity (Wildman–Crippen MR) is 76.6 cm³/mol. The summed E-state index contributed by atoms with van der Waals surface area (Å²) < 4.78 is 6.43. The van der Waals surface area contributed by atoms with E-state index in [1.807, 2.05) is 24.3 Å². The molecule has 0 unspecified atom stereocenters. The zero-order chi connectivity index (χ0) is 14.5. The molecule has 0 atom stereocenters. The van der Waals surface area contributed by atoms with Crippen molar-refractivity contribution in [2.45, 2.75) is 12.8 Å². The smallest absolute Gasteiger partial charge is 0.303 e. The molecule has 0 aromatic heterocycles. The molecule has 0 spiro atoms. The lowest BCUT2D eigenvalue weighted by Gasteiger charge is -2.38. The summed E-state index contributed by atoms with van der Waals surface area (Å²) in [5, 5.41) is 8.64. The van der Waals surface area contributed by atoms with Crippen molar-refractivity contribution in [3.05, 3.63) is 28.7 Å². The molecule has 0 radical (unpaired) electrons. The van der Waals surface area contributed by atoms with Crippen LogP contribution in [0.4, 0.5) is 0 Å². The number of amides is 1. The molecule has 0 aliphatic carbocycles. The Balaban J connectivity index is 1.65. The van der Waals surface area contributed by atoms with E-state index in [1.54, 1.807) is 4.90 Å². The number of carboxylic acids is 1. The first-order valence-corrected chi connectivity index (χ1v) is 7.22. The van der Waals surface area contributed by atoms with Crippen molar-refractivity contribution in [2.75, 3.05) is 19.7 Å². The lowest BCUT2D eigenvalue weighted by Crippen LogP contribution is -2.50.